The van der Waals surface area contributed by atoms with Gasteiger partial charge in [-0.15, -0.1) is 0 Å². The first-order chi connectivity index (χ1) is 10.1. The van der Waals surface area contributed by atoms with Crippen molar-refractivity contribution in [2.75, 3.05) is 6.54 Å². The first-order valence-electron chi connectivity index (χ1n) is 6.73. The third kappa shape index (κ3) is 2.86. The first kappa shape index (κ1) is 14.6. The van der Waals surface area contributed by atoms with Crippen LogP contribution in [0.4, 0.5) is 4.39 Å². The molecule has 0 saturated heterocycles. The van der Waals surface area contributed by atoms with E-state index in [1.165, 1.54) is 12.1 Å². The number of ether oxygens (including phenoxy) is 1. The lowest BCUT2D eigenvalue weighted by atomic mass is 9.95. The average Bonchev–Trinajstić information content (AvgIpc) is 2.48. The van der Waals surface area contributed by atoms with Gasteiger partial charge < -0.3 is 10.5 Å². The molecule has 0 radical (unpaired) electrons. The van der Waals surface area contributed by atoms with Crippen molar-refractivity contribution in [3.05, 3.63) is 51.8 Å². The number of halogens is 3. The minimum absolute atomic E-state index is 0.0559. The summed E-state index contributed by atoms with van der Waals surface area (Å²) >= 11 is 12.3. The SMILES string of the molecule is NC[C@H]1CCc2cc(F)cc(-c3cc(Cl)ccc3Cl)c2O1. The summed E-state index contributed by atoms with van der Waals surface area (Å²) in [5.74, 6) is 0.344. The van der Waals surface area contributed by atoms with Gasteiger partial charge in [-0.2, -0.15) is 0 Å². The van der Waals surface area contributed by atoms with Gasteiger partial charge >= 0.3 is 0 Å². The molecule has 0 aromatic heterocycles. The molecule has 21 heavy (non-hydrogen) atoms. The highest BCUT2D eigenvalue weighted by molar-refractivity contribution is 6.35. The van der Waals surface area contributed by atoms with Crippen LogP contribution in [0.25, 0.3) is 11.1 Å². The Morgan fingerprint density at radius 3 is 2.76 bits per heavy atom. The van der Waals surface area contributed by atoms with Crippen molar-refractivity contribution < 1.29 is 9.13 Å². The molecule has 2 N–H and O–H groups in total. The topological polar surface area (TPSA) is 35.2 Å². The van der Waals surface area contributed by atoms with Crippen molar-refractivity contribution in [1.29, 1.82) is 0 Å². The van der Waals surface area contributed by atoms with Crippen LogP contribution < -0.4 is 10.5 Å². The third-order valence-corrected chi connectivity index (χ3v) is 4.20. The monoisotopic (exact) mass is 325 g/mol. The van der Waals surface area contributed by atoms with Gasteiger partial charge in [-0.25, -0.2) is 4.39 Å². The highest BCUT2D eigenvalue weighted by atomic mass is 35.5. The van der Waals surface area contributed by atoms with Crippen molar-refractivity contribution in [2.24, 2.45) is 5.73 Å². The van der Waals surface area contributed by atoms with Crippen LogP contribution >= 0.6 is 23.2 Å². The quantitative estimate of drug-likeness (QED) is 0.885. The fourth-order valence-corrected chi connectivity index (χ4v) is 2.98. The first-order valence-corrected chi connectivity index (χ1v) is 7.48. The number of hydrogen-bond donors (Lipinski definition) is 1. The van der Waals surface area contributed by atoms with E-state index in [9.17, 15) is 4.39 Å². The van der Waals surface area contributed by atoms with Gasteiger partial charge in [0.2, 0.25) is 0 Å². The molecule has 0 spiro atoms. The third-order valence-electron chi connectivity index (χ3n) is 3.63. The van der Waals surface area contributed by atoms with E-state index in [0.717, 1.165) is 18.4 Å². The van der Waals surface area contributed by atoms with Crippen LogP contribution in [0.3, 0.4) is 0 Å². The predicted octanol–water partition coefficient (Wildman–Crippen LogP) is 4.45. The summed E-state index contributed by atoms with van der Waals surface area (Å²) in [4.78, 5) is 0. The summed E-state index contributed by atoms with van der Waals surface area (Å²) in [6.45, 7) is 0.430. The molecule has 5 heteroatoms. The van der Waals surface area contributed by atoms with Gasteiger partial charge in [0.05, 0.1) is 0 Å². The van der Waals surface area contributed by atoms with Gasteiger partial charge in [-0.3, -0.25) is 0 Å². The molecule has 2 aromatic carbocycles. The highest BCUT2D eigenvalue weighted by Gasteiger charge is 2.24. The van der Waals surface area contributed by atoms with E-state index in [-0.39, 0.29) is 11.9 Å². The highest BCUT2D eigenvalue weighted by Crippen LogP contribution is 2.41. The zero-order valence-electron chi connectivity index (χ0n) is 11.2. The Labute approximate surface area is 132 Å². The van der Waals surface area contributed by atoms with Gasteiger partial charge in [0.25, 0.3) is 0 Å². The molecule has 110 valence electrons. The molecule has 0 aliphatic carbocycles. The molecular formula is C16H14Cl2FNO. The van der Waals surface area contributed by atoms with Crippen LogP contribution in [0.15, 0.2) is 30.3 Å². The van der Waals surface area contributed by atoms with Gasteiger partial charge in [0, 0.05) is 27.7 Å². The summed E-state index contributed by atoms with van der Waals surface area (Å²) in [7, 11) is 0. The molecule has 3 rings (SSSR count). The lowest BCUT2D eigenvalue weighted by Gasteiger charge is -2.27. The summed E-state index contributed by atoms with van der Waals surface area (Å²) in [5, 5.41) is 1.05. The minimum atomic E-state index is -0.311. The second-order valence-corrected chi connectivity index (χ2v) is 5.92. The fraction of sp³-hybridized carbons (Fsp3) is 0.250. The molecule has 0 saturated carbocycles. The maximum atomic E-state index is 13.9. The molecule has 0 fully saturated rings. The minimum Gasteiger partial charge on any atom is -0.488 e. The molecule has 0 amide bonds. The Balaban J connectivity index is 2.18. The molecule has 0 unspecified atom stereocenters. The summed E-state index contributed by atoms with van der Waals surface area (Å²) in [6, 6.07) is 8.04. The van der Waals surface area contributed by atoms with Gasteiger partial charge in [-0.1, -0.05) is 23.2 Å². The number of nitrogens with two attached hydrogens (primary N) is 1. The average molecular weight is 326 g/mol. The Hall–Kier alpha value is -1.29. The molecule has 1 heterocycles. The Morgan fingerprint density at radius 2 is 2.00 bits per heavy atom. The van der Waals surface area contributed by atoms with Crippen LogP contribution in [0, 0.1) is 5.82 Å². The van der Waals surface area contributed by atoms with E-state index >= 15 is 0 Å². The van der Waals surface area contributed by atoms with Crippen molar-refractivity contribution in [3.8, 4) is 16.9 Å². The zero-order valence-corrected chi connectivity index (χ0v) is 12.7. The van der Waals surface area contributed by atoms with Crippen molar-refractivity contribution in [3.63, 3.8) is 0 Å². The van der Waals surface area contributed by atoms with E-state index in [0.29, 0.717) is 33.5 Å². The molecular weight excluding hydrogens is 312 g/mol. The summed E-state index contributed by atoms with van der Waals surface area (Å²) < 4.78 is 19.8. The Morgan fingerprint density at radius 1 is 1.19 bits per heavy atom. The number of fused-ring (bicyclic) bond motifs is 1. The van der Waals surface area contributed by atoms with Crippen LogP contribution in [0.2, 0.25) is 10.0 Å². The molecule has 1 aliphatic rings. The normalized spacial score (nSPS) is 17.2. The van der Waals surface area contributed by atoms with Crippen molar-refractivity contribution in [2.45, 2.75) is 18.9 Å². The van der Waals surface area contributed by atoms with E-state index in [1.54, 1.807) is 18.2 Å². The summed E-state index contributed by atoms with van der Waals surface area (Å²) in [6.07, 6.45) is 1.47. The number of rotatable bonds is 2. The van der Waals surface area contributed by atoms with Crippen molar-refractivity contribution in [1.82, 2.24) is 0 Å². The Kier molecular flexibility index (Phi) is 4.07. The molecule has 2 aromatic rings. The second kappa shape index (κ2) is 5.84. The number of benzene rings is 2. The smallest absolute Gasteiger partial charge is 0.131 e. The molecule has 0 bridgehead atoms. The van der Waals surface area contributed by atoms with E-state index < -0.39 is 0 Å². The Bertz CT molecular complexity index is 690. The second-order valence-electron chi connectivity index (χ2n) is 5.08. The van der Waals surface area contributed by atoms with Crippen LogP contribution in [-0.2, 0) is 6.42 Å². The van der Waals surface area contributed by atoms with E-state index in [1.807, 2.05) is 0 Å². The van der Waals surface area contributed by atoms with Gasteiger partial charge in [0.15, 0.2) is 0 Å². The largest absolute Gasteiger partial charge is 0.488 e. The number of hydrogen-bond acceptors (Lipinski definition) is 2. The standard InChI is InChI=1S/C16H14Cl2FNO/c17-10-2-4-15(18)13(6-10)14-7-11(19)5-9-1-3-12(8-20)21-16(9)14/h2,4-7,12H,1,3,8,20H2/t12-/m1/s1. The lowest BCUT2D eigenvalue weighted by molar-refractivity contribution is 0.182. The molecule has 2 nitrogen and oxygen atoms in total. The van der Waals surface area contributed by atoms with Gasteiger partial charge in [0.1, 0.15) is 17.7 Å². The lowest BCUT2D eigenvalue weighted by Crippen LogP contribution is -2.30. The van der Waals surface area contributed by atoms with Crippen LogP contribution in [0.1, 0.15) is 12.0 Å². The van der Waals surface area contributed by atoms with Gasteiger partial charge in [-0.05, 0) is 48.7 Å². The predicted molar refractivity (Wildman–Crippen MR) is 83.6 cm³/mol. The van der Waals surface area contributed by atoms with E-state index in [4.69, 9.17) is 33.7 Å². The summed E-state index contributed by atoms with van der Waals surface area (Å²) in [5.41, 5.74) is 7.81. The molecule has 1 aliphatic heterocycles. The van der Waals surface area contributed by atoms with Crippen molar-refractivity contribution >= 4 is 23.2 Å². The van der Waals surface area contributed by atoms with E-state index in [2.05, 4.69) is 0 Å². The van der Waals surface area contributed by atoms with Crippen LogP contribution in [0.5, 0.6) is 5.75 Å². The molecule has 1 atom stereocenters. The maximum Gasteiger partial charge on any atom is 0.131 e. The maximum absolute atomic E-state index is 13.9. The number of aryl methyl sites for hydroxylation is 1. The van der Waals surface area contributed by atoms with Crippen LogP contribution in [-0.4, -0.2) is 12.6 Å². The zero-order chi connectivity index (χ0) is 15.0. The fourth-order valence-electron chi connectivity index (χ4n) is 2.59.